The number of nitrogens with one attached hydrogen (secondary N) is 1. The molecule has 0 bridgehead atoms. The molecule has 0 aromatic heterocycles. The number of hydrogen-bond donors (Lipinski definition) is 1. The van der Waals surface area contributed by atoms with Gasteiger partial charge in [-0.3, -0.25) is 4.79 Å². The van der Waals surface area contributed by atoms with Crippen LogP contribution in [0.15, 0.2) is 24.3 Å². The maximum absolute atomic E-state index is 10.9. The zero-order valence-corrected chi connectivity index (χ0v) is 10.2. The predicted molar refractivity (Wildman–Crippen MR) is 66.1 cm³/mol. The summed E-state index contributed by atoms with van der Waals surface area (Å²) >= 11 is 0. The summed E-state index contributed by atoms with van der Waals surface area (Å²) in [7, 11) is 1.57. The molecule has 0 spiro atoms. The quantitative estimate of drug-likeness (QED) is 0.660. The first-order valence-electron chi connectivity index (χ1n) is 5.28. The topological polar surface area (TPSA) is 29.1 Å². The van der Waals surface area contributed by atoms with E-state index in [-0.39, 0.29) is 11.3 Å². The Morgan fingerprint density at radius 2 is 1.75 bits per heavy atom. The lowest BCUT2D eigenvalue weighted by atomic mass is 9.87. The molecule has 0 atom stereocenters. The van der Waals surface area contributed by atoms with Gasteiger partial charge in [0.15, 0.2) is 0 Å². The Bertz CT molecular complexity index is 427. The minimum absolute atomic E-state index is 0.146. The average Bonchev–Trinajstić information content (AvgIpc) is 2.25. The molecule has 84 valence electrons. The van der Waals surface area contributed by atoms with Crippen molar-refractivity contribution in [3.05, 3.63) is 35.4 Å². The lowest BCUT2D eigenvalue weighted by Crippen LogP contribution is -2.14. The van der Waals surface area contributed by atoms with Gasteiger partial charge in [-0.05, 0) is 23.1 Å². The third-order valence-electron chi connectivity index (χ3n) is 2.30. The molecule has 1 aromatic carbocycles. The van der Waals surface area contributed by atoms with Gasteiger partial charge in [0.05, 0.1) is 0 Å². The molecule has 0 fully saturated rings. The largest absolute Gasteiger partial charge is 0.348 e. The maximum atomic E-state index is 10.9. The van der Waals surface area contributed by atoms with E-state index in [4.69, 9.17) is 0 Å². The van der Waals surface area contributed by atoms with Gasteiger partial charge in [0.1, 0.15) is 0 Å². The molecular weight excluding hydrogens is 198 g/mol. The molecule has 0 unspecified atom stereocenters. The highest BCUT2D eigenvalue weighted by atomic mass is 16.1. The number of carbonyl (C=O) groups excluding carboxylic acids is 1. The van der Waals surface area contributed by atoms with Gasteiger partial charge in [-0.1, -0.05) is 38.8 Å². The first-order valence-corrected chi connectivity index (χ1v) is 5.28. The lowest BCUT2D eigenvalue weighted by molar-refractivity contribution is -0.115. The summed E-state index contributed by atoms with van der Waals surface area (Å²) in [6, 6.07) is 7.98. The lowest BCUT2D eigenvalue weighted by Gasteiger charge is -2.18. The van der Waals surface area contributed by atoms with Crippen molar-refractivity contribution in [1.82, 2.24) is 5.32 Å². The van der Waals surface area contributed by atoms with Crippen LogP contribution >= 0.6 is 0 Å². The Labute approximate surface area is 97.1 Å². The van der Waals surface area contributed by atoms with Crippen LogP contribution in [0.5, 0.6) is 0 Å². The zero-order chi connectivity index (χ0) is 12.2. The number of benzene rings is 1. The van der Waals surface area contributed by atoms with Crippen molar-refractivity contribution in [3.8, 4) is 11.8 Å². The molecule has 0 heterocycles. The molecular formula is C14H17NO. The minimum Gasteiger partial charge on any atom is -0.348 e. The molecule has 2 heteroatoms. The molecule has 16 heavy (non-hydrogen) atoms. The maximum Gasteiger partial charge on any atom is 0.295 e. The van der Waals surface area contributed by atoms with Crippen molar-refractivity contribution in [3.63, 3.8) is 0 Å². The van der Waals surface area contributed by atoms with Crippen molar-refractivity contribution in [2.45, 2.75) is 26.2 Å². The summed E-state index contributed by atoms with van der Waals surface area (Å²) < 4.78 is 0. The van der Waals surface area contributed by atoms with Gasteiger partial charge >= 0.3 is 0 Å². The van der Waals surface area contributed by atoms with Gasteiger partial charge in [0, 0.05) is 18.5 Å². The summed E-state index contributed by atoms with van der Waals surface area (Å²) in [4.78, 5) is 10.9. The third kappa shape index (κ3) is 3.43. The molecule has 2 nitrogen and oxygen atoms in total. The van der Waals surface area contributed by atoms with Gasteiger partial charge in [-0.15, -0.1) is 0 Å². The van der Waals surface area contributed by atoms with E-state index >= 15 is 0 Å². The van der Waals surface area contributed by atoms with E-state index in [1.165, 1.54) is 5.56 Å². The highest BCUT2D eigenvalue weighted by Gasteiger charge is 2.12. The van der Waals surface area contributed by atoms with Crippen molar-refractivity contribution in [2.75, 3.05) is 7.05 Å². The molecule has 1 N–H and O–H groups in total. The summed E-state index contributed by atoms with van der Waals surface area (Å²) in [5.74, 6) is 5.05. The van der Waals surface area contributed by atoms with E-state index in [9.17, 15) is 4.79 Å². The third-order valence-corrected chi connectivity index (χ3v) is 2.30. The molecule has 1 aromatic rings. The Kier molecular flexibility index (Phi) is 3.73. The standard InChI is InChI=1S/C14H17NO/c1-14(2,3)12-8-5-11(6-9-12)7-10-13(16)15-4/h5-6,8-9H,1-4H3,(H,15,16). The number of amides is 1. The first-order chi connectivity index (χ1) is 7.43. The number of hydrogen-bond acceptors (Lipinski definition) is 1. The zero-order valence-electron chi connectivity index (χ0n) is 10.2. The minimum atomic E-state index is -0.264. The fraction of sp³-hybridized carbons (Fsp3) is 0.357. The van der Waals surface area contributed by atoms with Crippen LogP contribution in [0, 0.1) is 11.8 Å². The Hall–Kier alpha value is -1.75. The van der Waals surface area contributed by atoms with Crippen LogP contribution in [0.3, 0.4) is 0 Å². The van der Waals surface area contributed by atoms with Crippen LogP contribution in [0.1, 0.15) is 31.9 Å². The molecule has 0 radical (unpaired) electrons. The van der Waals surface area contributed by atoms with E-state index in [2.05, 4.69) is 37.9 Å². The molecule has 0 saturated heterocycles. The van der Waals surface area contributed by atoms with E-state index < -0.39 is 0 Å². The van der Waals surface area contributed by atoms with Crippen LogP contribution < -0.4 is 5.32 Å². The molecule has 0 aliphatic heterocycles. The van der Waals surface area contributed by atoms with E-state index in [0.717, 1.165) is 5.56 Å². The normalized spacial score (nSPS) is 10.2. The number of rotatable bonds is 0. The van der Waals surface area contributed by atoms with Crippen LogP contribution in [0.25, 0.3) is 0 Å². The molecule has 0 saturated carbocycles. The summed E-state index contributed by atoms with van der Waals surface area (Å²) in [5.41, 5.74) is 2.27. The Morgan fingerprint density at radius 3 is 2.19 bits per heavy atom. The van der Waals surface area contributed by atoms with Crippen LogP contribution in [-0.4, -0.2) is 13.0 Å². The van der Waals surface area contributed by atoms with Crippen molar-refractivity contribution in [2.24, 2.45) is 0 Å². The monoisotopic (exact) mass is 215 g/mol. The SMILES string of the molecule is CNC(=O)C#Cc1ccc(C(C)(C)C)cc1. The van der Waals surface area contributed by atoms with Gasteiger partial charge in [0.25, 0.3) is 5.91 Å². The average molecular weight is 215 g/mol. The van der Waals surface area contributed by atoms with Gasteiger partial charge < -0.3 is 5.32 Å². The molecule has 1 amide bonds. The molecule has 1 rings (SSSR count). The fourth-order valence-electron chi connectivity index (χ4n) is 1.24. The summed E-state index contributed by atoms with van der Waals surface area (Å²) in [6.07, 6.45) is 0. The second-order valence-electron chi connectivity index (χ2n) is 4.66. The Balaban J connectivity index is 2.87. The van der Waals surface area contributed by atoms with Crippen LogP contribution in [0.4, 0.5) is 0 Å². The number of carbonyl (C=O) groups is 1. The summed E-state index contributed by atoms with van der Waals surface area (Å²) in [6.45, 7) is 6.49. The molecule has 0 aliphatic carbocycles. The van der Waals surface area contributed by atoms with Crippen LogP contribution in [0.2, 0.25) is 0 Å². The van der Waals surface area contributed by atoms with Gasteiger partial charge in [-0.2, -0.15) is 0 Å². The Morgan fingerprint density at radius 1 is 1.19 bits per heavy atom. The van der Waals surface area contributed by atoms with Crippen molar-refractivity contribution in [1.29, 1.82) is 0 Å². The second kappa shape index (κ2) is 4.85. The summed E-state index contributed by atoms with van der Waals surface area (Å²) in [5, 5.41) is 2.46. The van der Waals surface area contributed by atoms with Gasteiger partial charge in [-0.25, -0.2) is 0 Å². The van der Waals surface area contributed by atoms with E-state index in [0.29, 0.717) is 0 Å². The predicted octanol–water partition coefficient (Wildman–Crippen LogP) is 2.08. The van der Waals surface area contributed by atoms with Crippen molar-refractivity contribution >= 4 is 5.91 Å². The fourth-order valence-corrected chi connectivity index (χ4v) is 1.24. The van der Waals surface area contributed by atoms with Gasteiger partial charge in [0.2, 0.25) is 0 Å². The molecule has 0 aliphatic rings. The first kappa shape index (κ1) is 12.3. The van der Waals surface area contributed by atoms with Crippen molar-refractivity contribution < 1.29 is 4.79 Å². The smallest absolute Gasteiger partial charge is 0.295 e. The van der Waals surface area contributed by atoms with E-state index in [1.54, 1.807) is 7.05 Å². The van der Waals surface area contributed by atoms with E-state index in [1.807, 2.05) is 24.3 Å². The second-order valence-corrected chi connectivity index (χ2v) is 4.66. The van der Waals surface area contributed by atoms with Crippen LogP contribution in [-0.2, 0) is 10.2 Å². The highest BCUT2D eigenvalue weighted by Crippen LogP contribution is 2.21. The highest BCUT2D eigenvalue weighted by molar-refractivity contribution is 5.93.